The Morgan fingerprint density at radius 1 is 1.00 bits per heavy atom. The Morgan fingerprint density at radius 2 is 1.68 bits per heavy atom. The number of fused-ring (bicyclic) bond motifs is 3. The molecule has 0 saturated heterocycles. The number of pyridine rings is 1. The van der Waals surface area contributed by atoms with Crippen molar-refractivity contribution in [3.05, 3.63) is 57.9 Å². The minimum Gasteiger partial charge on any atom is -0.493 e. The molecule has 7 heteroatoms. The maximum atomic E-state index is 12.9. The van der Waals surface area contributed by atoms with Gasteiger partial charge in [-0.1, -0.05) is 12.1 Å². The summed E-state index contributed by atoms with van der Waals surface area (Å²) in [5, 5.41) is 0.683. The summed E-state index contributed by atoms with van der Waals surface area (Å²) in [5.41, 5.74) is 1.44. The third-order valence-electron chi connectivity index (χ3n) is 4.93. The topological polar surface area (TPSA) is 86.9 Å². The van der Waals surface area contributed by atoms with Crippen molar-refractivity contribution in [3.8, 4) is 23.0 Å². The van der Waals surface area contributed by atoms with E-state index >= 15 is 0 Å². The molecule has 0 saturated carbocycles. The van der Waals surface area contributed by atoms with Crippen LogP contribution in [0.3, 0.4) is 0 Å². The quantitative estimate of drug-likeness (QED) is 0.699. The standard InChI is InChI=1S/C21H19NO6/c1-25-15-8-11(9-16(26-2)20(15)27-3)13-10-17(23)28-19-12-6-4-5-7-14(12)22-21(24)18(13)19/h4-9,13H,10H2,1-3H3,(H,22,24)/t13-/m0/s1. The third kappa shape index (κ3) is 2.76. The summed E-state index contributed by atoms with van der Waals surface area (Å²) in [6, 6.07) is 10.7. The molecule has 0 spiro atoms. The van der Waals surface area contributed by atoms with E-state index in [2.05, 4.69) is 4.98 Å². The second kappa shape index (κ2) is 6.92. The molecule has 2 aromatic carbocycles. The first kappa shape index (κ1) is 17.9. The molecule has 0 aliphatic carbocycles. The molecule has 4 rings (SSSR count). The highest BCUT2D eigenvalue weighted by Crippen LogP contribution is 2.45. The fourth-order valence-corrected chi connectivity index (χ4v) is 3.67. The van der Waals surface area contributed by atoms with Crippen molar-refractivity contribution in [1.29, 1.82) is 0 Å². The van der Waals surface area contributed by atoms with Gasteiger partial charge in [-0.05, 0) is 29.8 Å². The number of aromatic nitrogens is 1. The largest absolute Gasteiger partial charge is 0.493 e. The average molecular weight is 381 g/mol. The van der Waals surface area contributed by atoms with Crippen LogP contribution in [-0.2, 0) is 4.79 Å². The predicted molar refractivity (Wildman–Crippen MR) is 103 cm³/mol. The predicted octanol–water partition coefficient (Wildman–Crippen LogP) is 2.99. The number of benzene rings is 2. The molecule has 0 fully saturated rings. The molecule has 7 nitrogen and oxygen atoms in total. The molecule has 1 N–H and O–H groups in total. The fraction of sp³-hybridized carbons (Fsp3) is 0.238. The maximum Gasteiger partial charge on any atom is 0.312 e. The van der Waals surface area contributed by atoms with Gasteiger partial charge in [0, 0.05) is 11.3 Å². The van der Waals surface area contributed by atoms with Crippen LogP contribution < -0.4 is 24.5 Å². The van der Waals surface area contributed by atoms with Crippen LogP contribution in [0.5, 0.6) is 23.0 Å². The Morgan fingerprint density at radius 3 is 2.32 bits per heavy atom. The van der Waals surface area contributed by atoms with E-state index in [1.807, 2.05) is 18.2 Å². The number of carbonyl (C=O) groups is 1. The first-order valence-corrected chi connectivity index (χ1v) is 8.72. The number of H-pyrrole nitrogens is 1. The Labute approximate surface area is 160 Å². The molecule has 2 heterocycles. The van der Waals surface area contributed by atoms with Crippen LogP contribution in [-0.4, -0.2) is 32.3 Å². The lowest BCUT2D eigenvalue weighted by Gasteiger charge is -2.26. The molecule has 3 aromatic rings. The van der Waals surface area contributed by atoms with E-state index in [0.29, 0.717) is 45.0 Å². The summed E-state index contributed by atoms with van der Waals surface area (Å²) in [6.45, 7) is 0. The van der Waals surface area contributed by atoms with Crippen molar-refractivity contribution >= 4 is 16.9 Å². The van der Waals surface area contributed by atoms with Gasteiger partial charge in [-0.15, -0.1) is 0 Å². The number of hydrogen-bond acceptors (Lipinski definition) is 6. The van der Waals surface area contributed by atoms with Gasteiger partial charge in [0.25, 0.3) is 5.56 Å². The summed E-state index contributed by atoms with van der Waals surface area (Å²) in [6.07, 6.45) is 0.0348. The van der Waals surface area contributed by atoms with Crippen molar-refractivity contribution in [1.82, 2.24) is 4.98 Å². The highest BCUT2D eigenvalue weighted by Gasteiger charge is 2.34. The van der Waals surface area contributed by atoms with Gasteiger partial charge >= 0.3 is 5.97 Å². The lowest BCUT2D eigenvalue weighted by molar-refractivity contribution is -0.135. The second-order valence-corrected chi connectivity index (χ2v) is 6.43. The van der Waals surface area contributed by atoms with Crippen molar-refractivity contribution in [2.24, 2.45) is 0 Å². The van der Waals surface area contributed by atoms with E-state index in [4.69, 9.17) is 18.9 Å². The van der Waals surface area contributed by atoms with Gasteiger partial charge in [-0.3, -0.25) is 9.59 Å². The molecule has 28 heavy (non-hydrogen) atoms. The summed E-state index contributed by atoms with van der Waals surface area (Å²) in [4.78, 5) is 28.1. The monoisotopic (exact) mass is 381 g/mol. The van der Waals surface area contributed by atoms with Crippen molar-refractivity contribution in [3.63, 3.8) is 0 Å². The molecule has 0 amide bonds. The summed E-state index contributed by atoms with van der Waals surface area (Å²) in [7, 11) is 4.55. The first-order chi connectivity index (χ1) is 13.6. The zero-order valence-corrected chi connectivity index (χ0v) is 15.7. The van der Waals surface area contributed by atoms with E-state index < -0.39 is 11.9 Å². The van der Waals surface area contributed by atoms with Gasteiger partial charge in [0.05, 0.1) is 38.8 Å². The van der Waals surface area contributed by atoms with Crippen LogP contribution in [0, 0.1) is 0 Å². The van der Waals surface area contributed by atoms with Crippen molar-refractivity contribution < 1.29 is 23.7 Å². The molecule has 1 aliphatic rings. The zero-order chi connectivity index (χ0) is 19.8. The van der Waals surface area contributed by atoms with E-state index in [-0.39, 0.29) is 12.0 Å². The first-order valence-electron chi connectivity index (χ1n) is 8.72. The van der Waals surface area contributed by atoms with E-state index in [9.17, 15) is 9.59 Å². The number of ether oxygens (including phenoxy) is 4. The number of aromatic amines is 1. The molecular formula is C21H19NO6. The van der Waals surface area contributed by atoms with Gasteiger partial charge in [0.1, 0.15) is 5.75 Å². The van der Waals surface area contributed by atoms with E-state index in [1.54, 1.807) is 18.2 Å². The van der Waals surface area contributed by atoms with Crippen LogP contribution in [0.2, 0.25) is 0 Å². The van der Waals surface area contributed by atoms with Gasteiger partial charge in [0.15, 0.2) is 11.5 Å². The Bertz CT molecular complexity index is 1110. The minimum atomic E-state index is -0.502. The number of carbonyl (C=O) groups excluding carboxylic acids is 1. The summed E-state index contributed by atoms with van der Waals surface area (Å²) < 4.78 is 21.7. The Balaban J connectivity index is 1.98. The Hall–Kier alpha value is -3.48. The second-order valence-electron chi connectivity index (χ2n) is 6.43. The highest BCUT2D eigenvalue weighted by atomic mass is 16.5. The van der Waals surface area contributed by atoms with Crippen LogP contribution in [0.15, 0.2) is 41.2 Å². The zero-order valence-electron chi connectivity index (χ0n) is 15.7. The molecule has 1 atom stereocenters. The molecule has 144 valence electrons. The van der Waals surface area contributed by atoms with Crippen LogP contribution in [0.25, 0.3) is 10.9 Å². The number of nitrogens with one attached hydrogen (secondary N) is 1. The van der Waals surface area contributed by atoms with E-state index in [1.165, 1.54) is 21.3 Å². The highest BCUT2D eigenvalue weighted by molar-refractivity contribution is 5.91. The number of rotatable bonds is 4. The van der Waals surface area contributed by atoms with Gasteiger partial charge in [-0.2, -0.15) is 0 Å². The lowest BCUT2D eigenvalue weighted by atomic mass is 9.86. The van der Waals surface area contributed by atoms with Gasteiger partial charge in [0.2, 0.25) is 5.75 Å². The van der Waals surface area contributed by atoms with Crippen molar-refractivity contribution in [2.75, 3.05) is 21.3 Å². The number of esters is 1. The molecule has 0 bridgehead atoms. The van der Waals surface area contributed by atoms with Crippen LogP contribution in [0.4, 0.5) is 0 Å². The molecule has 1 aromatic heterocycles. The summed E-state index contributed by atoms with van der Waals surface area (Å²) >= 11 is 0. The molecular weight excluding hydrogens is 362 g/mol. The minimum absolute atomic E-state index is 0.0348. The van der Waals surface area contributed by atoms with E-state index in [0.717, 1.165) is 0 Å². The fourth-order valence-electron chi connectivity index (χ4n) is 3.67. The molecule has 0 radical (unpaired) electrons. The maximum absolute atomic E-state index is 12.9. The number of methoxy groups -OCH3 is 3. The average Bonchev–Trinajstić information content (AvgIpc) is 2.71. The molecule has 0 unspecified atom stereocenters. The molecule has 1 aliphatic heterocycles. The lowest BCUT2D eigenvalue weighted by Crippen LogP contribution is -2.28. The number of hydrogen-bond donors (Lipinski definition) is 1. The van der Waals surface area contributed by atoms with Crippen molar-refractivity contribution in [2.45, 2.75) is 12.3 Å². The number of para-hydroxylation sites is 1. The normalized spacial score (nSPS) is 15.7. The van der Waals surface area contributed by atoms with Crippen LogP contribution >= 0.6 is 0 Å². The summed E-state index contributed by atoms with van der Waals surface area (Å²) in [5.74, 6) is 0.749. The van der Waals surface area contributed by atoms with Crippen LogP contribution in [0.1, 0.15) is 23.5 Å². The van der Waals surface area contributed by atoms with Gasteiger partial charge < -0.3 is 23.9 Å². The third-order valence-corrected chi connectivity index (χ3v) is 4.93. The van der Waals surface area contributed by atoms with Gasteiger partial charge in [-0.25, -0.2) is 0 Å². The Kier molecular flexibility index (Phi) is 4.43. The SMILES string of the molecule is COc1cc([C@@H]2CC(=O)Oc3c2c(=O)[nH]c2ccccc32)cc(OC)c1OC. The smallest absolute Gasteiger partial charge is 0.312 e.